The highest BCUT2D eigenvalue weighted by atomic mass is 79.9. The summed E-state index contributed by atoms with van der Waals surface area (Å²) in [5.74, 6) is 0.137. The van der Waals surface area contributed by atoms with Gasteiger partial charge in [-0.05, 0) is 65.0 Å². The lowest BCUT2D eigenvalue weighted by molar-refractivity contribution is -0.118. The molecule has 0 aliphatic rings. The van der Waals surface area contributed by atoms with Crippen LogP contribution in [-0.4, -0.2) is 33.6 Å². The molecular formula is C25H27BrN4O2S. The molecule has 1 heterocycles. The van der Waals surface area contributed by atoms with Crippen LogP contribution in [-0.2, 0) is 11.2 Å². The quantitative estimate of drug-likeness (QED) is 0.290. The van der Waals surface area contributed by atoms with Crippen molar-refractivity contribution in [2.24, 2.45) is 0 Å². The summed E-state index contributed by atoms with van der Waals surface area (Å²) in [7, 11) is 0. The Bertz CT molecular complexity index is 1120. The third-order valence-corrected chi connectivity index (χ3v) is 6.70. The second-order valence-electron chi connectivity index (χ2n) is 7.70. The Labute approximate surface area is 207 Å². The Balaban J connectivity index is 1.82. The molecule has 0 fully saturated rings. The van der Waals surface area contributed by atoms with Crippen LogP contribution >= 0.6 is 27.7 Å². The first kappa shape index (κ1) is 24.9. The molecule has 0 saturated carbocycles. The number of halogens is 1. The van der Waals surface area contributed by atoms with Gasteiger partial charge in [-0.25, -0.2) is 9.97 Å². The second kappa shape index (κ2) is 12.0. The summed E-state index contributed by atoms with van der Waals surface area (Å²) in [5.41, 5.74) is 4.07. The van der Waals surface area contributed by atoms with Gasteiger partial charge in [-0.1, -0.05) is 55.1 Å². The number of nitrogens with one attached hydrogen (secondary N) is 2. The van der Waals surface area contributed by atoms with E-state index < -0.39 is 11.9 Å². The van der Waals surface area contributed by atoms with Gasteiger partial charge in [-0.15, -0.1) is 0 Å². The maximum absolute atomic E-state index is 13.2. The molecule has 172 valence electrons. The van der Waals surface area contributed by atoms with Crippen LogP contribution in [0.25, 0.3) is 0 Å². The number of anilines is 1. The van der Waals surface area contributed by atoms with Crippen molar-refractivity contribution >= 4 is 45.2 Å². The summed E-state index contributed by atoms with van der Waals surface area (Å²) in [6, 6.07) is 14.6. The number of hydrogen-bond acceptors (Lipinski definition) is 5. The SMILES string of the molecule is CCCSc1ncc(Br)c(C(=O)N[C@H](Cc2ccccc2)C(=O)Nc2ccc(C)c(C)c2)n1. The Kier molecular flexibility index (Phi) is 9.03. The lowest BCUT2D eigenvalue weighted by Crippen LogP contribution is -2.45. The van der Waals surface area contributed by atoms with Crippen molar-refractivity contribution in [3.05, 3.63) is 81.6 Å². The fourth-order valence-electron chi connectivity index (χ4n) is 3.11. The molecule has 3 rings (SSSR count). The van der Waals surface area contributed by atoms with Gasteiger partial charge < -0.3 is 10.6 Å². The predicted octanol–water partition coefficient (Wildman–Crippen LogP) is 5.34. The number of thioether (sulfide) groups is 1. The first-order valence-electron chi connectivity index (χ1n) is 10.8. The average molecular weight is 527 g/mol. The zero-order valence-corrected chi connectivity index (χ0v) is 21.3. The monoisotopic (exact) mass is 526 g/mol. The molecule has 2 N–H and O–H groups in total. The molecule has 2 aromatic carbocycles. The zero-order chi connectivity index (χ0) is 23.8. The molecule has 2 amide bonds. The fraction of sp³-hybridized carbons (Fsp3) is 0.280. The van der Waals surface area contributed by atoms with Crippen molar-refractivity contribution in [2.45, 2.75) is 44.8 Å². The number of nitrogens with zero attached hydrogens (tertiary/aromatic N) is 2. The molecule has 1 aromatic heterocycles. The third kappa shape index (κ3) is 7.14. The molecule has 0 unspecified atom stereocenters. The molecule has 8 heteroatoms. The minimum absolute atomic E-state index is 0.209. The predicted molar refractivity (Wildman–Crippen MR) is 137 cm³/mol. The van der Waals surface area contributed by atoms with Crippen LogP contribution < -0.4 is 10.6 Å². The lowest BCUT2D eigenvalue weighted by atomic mass is 10.0. The molecule has 0 spiro atoms. The van der Waals surface area contributed by atoms with Crippen LogP contribution in [0.4, 0.5) is 5.69 Å². The van der Waals surface area contributed by atoms with Gasteiger partial charge in [0.15, 0.2) is 5.16 Å². The van der Waals surface area contributed by atoms with Crippen molar-refractivity contribution in [1.82, 2.24) is 15.3 Å². The first-order valence-corrected chi connectivity index (χ1v) is 12.5. The molecule has 3 aromatic rings. The Hall–Kier alpha value is -2.71. The molecule has 33 heavy (non-hydrogen) atoms. The number of benzene rings is 2. The molecule has 0 aliphatic carbocycles. The van der Waals surface area contributed by atoms with Crippen LogP contribution in [0.15, 0.2) is 64.4 Å². The largest absolute Gasteiger partial charge is 0.339 e. The van der Waals surface area contributed by atoms with Crippen LogP contribution in [0.3, 0.4) is 0 Å². The molecule has 1 atom stereocenters. The van der Waals surface area contributed by atoms with E-state index in [4.69, 9.17) is 0 Å². The molecular weight excluding hydrogens is 500 g/mol. The van der Waals surface area contributed by atoms with Crippen molar-refractivity contribution < 1.29 is 9.59 Å². The van der Waals surface area contributed by atoms with E-state index >= 15 is 0 Å². The summed E-state index contributed by atoms with van der Waals surface area (Å²) in [6.07, 6.45) is 2.90. The van der Waals surface area contributed by atoms with E-state index in [1.54, 1.807) is 6.20 Å². The Morgan fingerprint density at radius 1 is 1.09 bits per heavy atom. The van der Waals surface area contributed by atoms with Crippen molar-refractivity contribution in [2.75, 3.05) is 11.1 Å². The molecule has 0 saturated heterocycles. The highest BCUT2D eigenvalue weighted by Crippen LogP contribution is 2.20. The maximum Gasteiger partial charge on any atom is 0.271 e. The lowest BCUT2D eigenvalue weighted by Gasteiger charge is -2.19. The third-order valence-electron chi connectivity index (χ3n) is 5.05. The van der Waals surface area contributed by atoms with E-state index in [2.05, 4.69) is 43.5 Å². The Morgan fingerprint density at radius 2 is 1.85 bits per heavy atom. The van der Waals surface area contributed by atoms with Crippen LogP contribution in [0.2, 0.25) is 0 Å². The van der Waals surface area contributed by atoms with E-state index in [9.17, 15) is 9.59 Å². The summed E-state index contributed by atoms with van der Waals surface area (Å²) < 4.78 is 0.480. The van der Waals surface area contributed by atoms with Gasteiger partial charge in [0.1, 0.15) is 11.7 Å². The number of aryl methyl sites for hydroxylation is 2. The highest BCUT2D eigenvalue weighted by molar-refractivity contribution is 9.10. The maximum atomic E-state index is 13.2. The van der Waals surface area contributed by atoms with Crippen molar-refractivity contribution in [3.63, 3.8) is 0 Å². The average Bonchev–Trinajstić information content (AvgIpc) is 2.81. The standard InChI is InChI=1S/C25H27BrN4O2S/c1-4-12-33-25-27-15-20(26)22(30-25)24(32)29-21(14-18-8-6-5-7-9-18)23(31)28-19-11-10-16(2)17(3)13-19/h5-11,13,15,21H,4,12,14H2,1-3H3,(H,28,31)(H,29,32)/t21-/m1/s1. The van der Waals surface area contributed by atoms with Gasteiger partial charge in [0.05, 0.1) is 4.47 Å². The highest BCUT2D eigenvalue weighted by Gasteiger charge is 2.24. The van der Waals surface area contributed by atoms with Crippen LogP contribution in [0, 0.1) is 13.8 Å². The van der Waals surface area contributed by atoms with Gasteiger partial charge in [-0.3, -0.25) is 9.59 Å². The van der Waals surface area contributed by atoms with E-state index in [0.29, 0.717) is 21.7 Å². The van der Waals surface area contributed by atoms with Gasteiger partial charge in [0, 0.05) is 24.1 Å². The number of carbonyl (C=O) groups is 2. The van der Waals surface area contributed by atoms with E-state index in [0.717, 1.165) is 28.9 Å². The minimum atomic E-state index is -0.782. The van der Waals surface area contributed by atoms with Crippen molar-refractivity contribution in [1.29, 1.82) is 0 Å². The molecule has 0 bridgehead atoms. The first-order chi connectivity index (χ1) is 15.9. The van der Waals surface area contributed by atoms with Gasteiger partial charge in [-0.2, -0.15) is 0 Å². The smallest absolute Gasteiger partial charge is 0.271 e. The van der Waals surface area contributed by atoms with Gasteiger partial charge in [0.25, 0.3) is 5.91 Å². The van der Waals surface area contributed by atoms with Crippen molar-refractivity contribution in [3.8, 4) is 0 Å². The Morgan fingerprint density at radius 3 is 2.55 bits per heavy atom. The summed E-state index contributed by atoms with van der Waals surface area (Å²) in [6.45, 7) is 6.09. The summed E-state index contributed by atoms with van der Waals surface area (Å²) >= 11 is 4.86. The van der Waals surface area contributed by atoms with Crippen LogP contribution in [0.1, 0.15) is 40.5 Å². The fourth-order valence-corrected chi connectivity index (χ4v) is 4.15. The number of rotatable bonds is 9. The number of hydrogen-bond donors (Lipinski definition) is 2. The van der Waals surface area contributed by atoms with E-state index in [1.165, 1.54) is 11.8 Å². The normalized spacial score (nSPS) is 11.6. The van der Waals surface area contributed by atoms with Crippen LogP contribution in [0.5, 0.6) is 0 Å². The summed E-state index contributed by atoms with van der Waals surface area (Å²) in [4.78, 5) is 35.0. The number of amides is 2. The van der Waals surface area contributed by atoms with E-state index in [-0.39, 0.29) is 11.6 Å². The molecule has 0 radical (unpaired) electrons. The topological polar surface area (TPSA) is 84.0 Å². The molecule has 0 aliphatic heterocycles. The molecule has 6 nitrogen and oxygen atoms in total. The minimum Gasteiger partial charge on any atom is -0.339 e. The number of aromatic nitrogens is 2. The van der Waals surface area contributed by atoms with Gasteiger partial charge >= 0.3 is 0 Å². The van der Waals surface area contributed by atoms with E-state index in [1.807, 2.05) is 62.4 Å². The van der Waals surface area contributed by atoms with Gasteiger partial charge in [0.2, 0.25) is 5.91 Å². The summed E-state index contributed by atoms with van der Waals surface area (Å²) in [5, 5.41) is 6.34. The second-order valence-corrected chi connectivity index (χ2v) is 9.62. The zero-order valence-electron chi connectivity index (χ0n) is 18.9. The number of carbonyl (C=O) groups excluding carboxylic acids is 2.